The van der Waals surface area contributed by atoms with Crippen LogP contribution in [0.4, 0.5) is 5.13 Å². The molecule has 0 aliphatic heterocycles. The second kappa shape index (κ2) is 10.5. The highest BCUT2D eigenvalue weighted by Gasteiger charge is 2.24. The maximum absolute atomic E-state index is 13.4. The van der Waals surface area contributed by atoms with E-state index in [0.717, 1.165) is 11.0 Å². The Morgan fingerprint density at radius 3 is 2.31 bits per heavy atom. The number of carbonyl (C=O) groups excluding carboxylic acids is 1. The Hall–Kier alpha value is -2.40. The molecule has 0 aliphatic carbocycles. The number of methoxy groups -OCH3 is 2. The number of halogens is 1. The molecule has 0 saturated heterocycles. The second-order valence-corrected chi connectivity index (χ2v) is 10.2. The highest BCUT2D eigenvalue weighted by Crippen LogP contribution is 2.40. The number of fused-ring (bicyclic) bond motifs is 1. The number of likely N-dealkylation sites (N-methyl/N-ethyl adjacent to an activating group) is 1. The fourth-order valence-corrected chi connectivity index (χ4v) is 4.75. The van der Waals surface area contributed by atoms with E-state index in [4.69, 9.17) is 9.47 Å². The Bertz CT molecular complexity index is 1170. The first-order valence-corrected chi connectivity index (χ1v) is 12.1. The summed E-state index contributed by atoms with van der Waals surface area (Å²) in [6.07, 6.45) is 1.12. The minimum atomic E-state index is -3.44. The fourth-order valence-electron chi connectivity index (χ4n) is 2.99. The lowest BCUT2D eigenvalue weighted by Crippen LogP contribution is -2.36. The molecule has 0 aliphatic rings. The number of amides is 1. The average molecular weight is 500 g/mol. The summed E-state index contributed by atoms with van der Waals surface area (Å²) in [4.78, 5) is 21.7. The number of hydrogen-bond acceptors (Lipinski definition) is 8. The molecule has 11 heteroatoms. The number of aromatic nitrogens is 1. The van der Waals surface area contributed by atoms with Crippen LogP contribution in [0.5, 0.6) is 11.5 Å². The molecule has 0 unspecified atom stereocenters. The van der Waals surface area contributed by atoms with E-state index in [1.807, 2.05) is 19.0 Å². The van der Waals surface area contributed by atoms with Crippen molar-refractivity contribution < 1.29 is 22.7 Å². The van der Waals surface area contributed by atoms with Crippen LogP contribution >= 0.6 is 23.7 Å². The van der Waals surface area contributed by atoms with Crippen molar-refractivity contribution in [3.8, 4) is 11.5 Å². The minimum absolute atomic E-state index is 0. The third-order valence-electron chi connectivity index (χ3n) is 4.65. The van der Waals surface area contributed by atoms with Gasteiger partial charge in [0.15, 0.2) is 15.0 Å². The fraction of sp³-hybridized carbons (Fsp3) is 0.333. The van der Waals surface area contributed by atoms with Gasteiger partial charge in [-0.05, 0) is 44.4 Å². The predicted molar refractivity (Wildman–Crippen MR) is 130 cm³/mol. The Morgan fingerprint density at radius 2 is 1.72 bits per heavy atom. The van der Waals surface area contributed by atoms with Crippen LogP contribution in [0.15, 0.2) is 41.3 Å². The molecule has 174 valence electrons. The standard InChI is InChI=1S/C21H25N3O5S2.ClH/c1-23(2)11-12-24(20(25)14-7-6-8-15(13-14)31(5,26)27)21-22-18-16(28-3)9-10-17(29-4)19(18)30-21;/h6-10,13H,11-12H2,1-5H3;1H. The number of hydrogen-bond donors (Lipinski definition) is 0. The first-order chi connectivity index (χ1) is 14.7. The summed E-state index contributed by atoms with van der Waals surface area (Å²) in [5.74, 6) is 0.889. The van der Waals surface area contributed by atoms with E-state index in [1.54, 1.807) is 43.4 Å². The lowest BCUT2D eigenvalue weighted by Gasteiger charge is -2.22. The smallest absolute Gasteiger partial charge is 0.260 e. The lowest BCUT2D eigenvalue weighted by atomic mass is 10.2. The van der Waals surface area contributed by atoms with Gasteiger partial charge in [0, 0.05) is 24.9 Å². The van der Waals surface area contributed by atoms with Gasteiger partial charge in [-0.2, -0.15) is 0 Å². The third-order valence-corrected chi connectivity index (χ3v) is 6.86. The highest BCUT2D eigenvalue weighted by molar-refractivity contribution is 7.90. The van der Waals surface area contributed by atoms with Gasteiger partial charge in [-0.25, -0.2) is 13.4 Å². The van der Waals surface area contributed by atoms with Crippen LogP contribution in [0.2, 0.25) is 0 Å². The molecule has 0 N–H and O–H groups in total. The Morgan fingerprint density at radius 1 is 1.06 bits per heavy atom. The zero-order chi connectivity index (χ0) is 22.8. The van der Waals surface area contributed by atoms with Crippen LogP contribution in [-0.2, 0) is 9.84 Å². The molecule has 0 atom stereocenters. The summed E-state index contributed by atoms with van der Waals surface area (Å²) in [5.41, 5.74) is 0.884. The van der Waals surface area contributed by atoms with Gasteiger partial charge in [0.05, 0.1) is 19.1 Å². The van der Waals surface area contributed by atoms with E-state index < -0.39 is 9.84 Å². The maximum atomic E-state index is 13.4. The van der Waals surface area contributed by atoms with E-state index in [-0.39, 0.29) is 28.8 Å². The van der Waals surface area contributed by atoms with Crippen LogP contribution in [-0.4, -0.2) is 71.9 Å². The Kier molecular flexibility index (Phi) is 8.47. The molecular formula is C21H26ClN3O5S2. The summed E-state index contributed by atoms with van der Waals surface area (Å²) in [6.45, 7) is 0.973. The molecule has 8 nitrogen and oxygen atoms in total. The lowest BCUT2D eigenvalue weighted by molar-refractivity contribution is 0.0985. The van der Waals surface area contributed by atoms with Crippen LogP contribution in [0.1, 0.15) is 10.4 Å². The molecule has 1 aromatic heterocycles. The molecular weight excluding hydrogens is 474 g/mol. The van der Waals surface area contributed by atoms with E-state index in [2.05, 4.69) is 4.98 Å². The third kappa shape index (κ3) is 5.50. The average Bonchev–Trinajstić information content (AvgIpc) is 3.17. The van der Waals surface area contributed by atoms with Gasteiger partial charge >= 0.3 is 0 Å². The number of benzene rings is 2. The normalized spacial score (nSPS) is 11.3. The summed E-state index contributed by atoms with van der Waals surface area (Å²) in [5, 5.41) is 0.481. The van der Waals surface area contributed by atoms with Crippen molar-refractivity contribution in [2.45, 2.75) is 4.90 Å². The quantitative estimate of drug-likeness (QED) is 0.469. The summed E-state index contributed by atoms with van der Waals surface area (Å²) < 4.78 is 35.6. The SMILES string of the molecule is COc1ccc(OC)c2sc(N(CCN(C)C)C(=O)c3cccc(S(C)(=O)=O)c3)nc12.Cl. The molecule has 0 bridgehead atoms. The summed E-state index contributed by atoms with van der Waals surface area (Å²) >= 11 is 1.32. The van der Waals surface area contributed by atoms with Gasteiger partial charge in [0.1, 0.15) is 21.7 Å². The number of thiazole rings is 1. The van der Waals surface area contributed by atoms with Crippen LogP contribution in [0.25, 0.3) is 10.2 Å². The molecule has 0 spiro atoms. The molecule has 0 fully saturated rings. The van der Waals surface area contributed by atoms with Gasteiger partial charge in [0.25, 0.3) is 5.91 Å². The zero-order valence-electron chi connectivity index (χ0n) is 18.5. The van der Waals surface area contributed by atoms with Crippen molar-refractivity contribution in [2.24, 2.45) is 0 Å². The Balaban J connectivity index is 0.00000363. The largest absolute Gasteiger partial charge is 0.495 e. The van der Waals surface area contributed by atoms with Gasteiger partial charge in [-0.15, -0.1) is 12.4 Å². The molecule has 0 radical (unpaired) electrons. The van der Waals surface area contributed by atoms with E-state index in [1.165, 1.54) is 23.5 Å². The first kappa shape index (κ1) is 25.9. The number of nitrogens with zero attached hydrogens (tertiary/aromatic N) is 3. The van der Waals surface area contributed by atoms with Gasteiger partial charge in [-0.3, -0.25) is 9.69 Å². The van der Waals surface area contributed by atoms with Crippen molar-refractivity contribution >= 4 is 54.8 Å². The van der Waals surface area contributed by atoms with Gasteiger partial charge < -0.3 is 14.4 Å². The minimum Gasteiger partial charge on any atom is -0.495 e. The van der Waals surface area contributed by atoms with Crippen molar-refractivity contribution in [3.05, 3.63) is 42.0 Å². The number of anilines is 1. The summed E-state index contributed by atoms with van der Waals surface area (Å²) in [6, 6.07) is 9.61. The van der Waals surface area contributed by atoms with E-state index in [0.29, 0.717) is 35.2 Å². The highest BCUT2D eigenvalue weighted by atomic mass is 35.5. The molecule has 3 rings (SSSR count). The van der Waals surface area contributed by atoms with Crippen LogP contribution in [0.3, 0.4) is 0 Å². The zero-order valence-corrected chi connectivity index (χ0v) is 20.9. The molecule has 1 heterocycles. The van der Waals surface area contributed by atoms with Crippen molar-refractivity contribution in [1.29, 1.82) is 0 Å². The molecule has 1 amide bonds. The molecule has 32 heavy (non-hydrogen) atoms. The predicted octanol–water partition coefficient (Wildman–Crippen LogP) is 3.35. The maximum Gasteiger partial charge on any atom is 0.260 e. The second-order valence-electron chi connectivity index (χ2n) is 7.20. The molecule has 3 aromatic rings. The van der Waals surface area contributed by atoms with Crippen LogP contribution in [0, 0.1) is 0 Å². The molecule has 2 aromatic carbocycles. The number of rotatable bonds is 8. The van der Waals surface area contributed by atoms with Crippen molar-refractivity contribution in [3.63, 3.8) is 0 Å². The Labute approximate surface area is 198 Å². The molecule has 0 saturated carbocycles. The van der Waals surface area contributed by atoms with Crippen molar-refractivity contribution in [2.75, 3.05) is 52.6 Å². The summed E-state index contributed by atoms with van der Waals surface area (Å²) in [7, 11) is 3.53. The van der Waals surface area contributed by atoms with Crippen molar-refractivity contribution in [1.82, 2.24) is 9.88 Å². The topological polar surface area (TPSA) is 89.0 Å². The number of sulfone groups is 1. The van der Waals surface area contributed by atoms with E-state index in [9.17, 15) is 13.2 Å². The van der Waals surface area contributed by atoms with Crippen LogP contribution < -0.4 is 14.4 Å². The van der Waals surface area contributed by atoms with Gasteiger partial charge in [0.2, 0.25) is 0 Å². The monoisotopic (exact) mass is 499 g/mol. The number of carbonyl (C=O) groups is 1. The van der Waals surface area contributed by atoms with Gasteiger partial charge in [-0.1, -0.05) is 17.4 Å². The first-order valence-electron chi connectivity index (χ1n) is 9.44. The number of ether oxygens (including phenoxy) is 2. The van der Waals surface area contributed by atoms with E-state index >= 15 is 0 Å².